The van der Waals surface area contributed by atoms with Crippen LogP contribution in [0.1, 0.15) is 16.2 Å². The van der Waals surface area contributed by atoms with Crippen molar-refractivity contribution in [2.75, 3.05) is 7.11 Å². The van der Waals surface area contributed by atoms with Crippen molar-refractivity contribution < 1.29 is 22.7 Å². The third kappa shape index (κ3) is 2.64. The molecule has 3 N–H and O–H groups in total. The van der Waals surface area contributed by atoms with E-state index in [1.54, 1.807) is 6.07 Å². The summed E-state index contributed by atoms with van der Waals surface area (Å²) in [6, 6.07) is 5.35. The van der Waals surface area contributed by atoms with E-state index in [-0.39, 0.29) is 16.9 Å². The predicted molar refractivity (Wildman–Crippen MR) is 79.4 cm³/mol. The van der Waals surface area contributed by atoms with E-state index < -0.39 is 23.5 Å². The van der Waals surface area contributed by atoms with Crippen LogP contribution < -0.4 is 10.5 Å². The molecule has 124 valence electrons. The van der Waals surface area contributed by atoms with Crippen molar-refractivity contribution in [2.24, 2.45) is 5.73 Å². The van der Waals surface area contributed by atoms with Gasteiger partial charge in [0.05, 0.1) is 18.8 Å². The fraction of sp³-hybridized carbons (Fsp3) is 0.133. The van der Waals surface area contributed by atoms with E-state index in [1.807, 2.05) is 0 Å². The van der Waals surface area contributed by atoms with Crippen LogP contribution in [0.3, 0.4) is 0 Å². The second-order valence-electron chi connectivity index (χ2n) is 4.96. The number of primary amides is 1. The number of carbonyl (C=O) groups excluding carboxylic acids is 1. The summed E-state index contributed by atoms with van der Waals surface area (Å²) >= 11 is 0. The number of rotatable bonds is 3. The lowest BCUT2D eigenvalue weighted by Gasteiger charge is -2.15. The van der Waals surface area contributed by atoms with Crippen LogP contribution in [0, 0.1) is 0 Å². The molecule has 0 unspecified atom stereocenters. The molecule has 0 saturated carbocycles. The normalized spacial score (nSPS) is 11.7. The number of carbonyl (C=O) groups is 1. The Morgan fingerprint density at radius 3 is 2.62 bits per heavy atom. The van der Waals surface area contributed by atoms with Crippen molar-refractivity contribution in [3.8, 4) is 16.9 Å². The van der Waals surface area contributed by atoms with Gasteiger partial charge in [-0.2, -0.15) is 18.3 Å². The third-order valence-electron chi connectivity index (χ3n) is 3.47. The van der Waals surface area contributed by atoms with Gasteiger partial charge in [-0.15, -0.1) is 0 Å². The molecule has 1 amide bonds. The Hall–Kier alpha value is -3.10. The largest absolute Gasteiger partial charge is 0.496 e. The lowest BCUT2D eigenvalue weighted by molar-refractivity contribution is -0.140. The minimum atomic E-state index is -4.77. The second kappa shape index (κ2) is 5.52. The minimum absolute atomic E-state index is 0.183. The van der Waals surface area contributed by atoms with E-state index in [1.165, 1.54) is 19.4 Å². The first kappa shape index (κ1) is 15.8. The van der Waals surface area contributed by atoms with Crippen LogP contribution in [0.2, 0.25) is 0 Å². The zero-order chi connectivity index (χ0) is 17.5. The van der Waals surface area contributed by atoms with Crippen LogP contribution in [0.5, 0.6) is 5.75 Å². The number of methoxy groups -OCH3 is 1. The molecule has 9 heteroatoms. The fourth-order valence-corrected chi connectivity index (χ4v) is 2.38. The number of pyridine rings is 1. The van der Waals surface area contributed by atoms with Crippen molar-refractivity contribution in [3.63, 3.8) is 0 Å². The van der Waals surface area contributed by atoms with Crippen molar-refractivity contribution >= 4 is 16.8 Å². The van der Waals surface area contributed by atoms with Gasteiger partial charge in [0.1, 0.15) is 11.4 Å². The molecule has 0 atom stereocenters. The number of nitrogens with two attached hydrogens (primary N) is 1. The molecular formula is C15H11F3N4O2. The lowest BCUT2D eigenvalue weighted by atomic mass is 10.00. The molecule has 2 aromatic heterocycles. The van der Waals surface area contributed by atoms with Crippen molar-refractivity contribution in [2.45, 2.75) is 6.18 Å². The summed E-state index contributed by atoms with van der Waals surface area (Å²) in [7, 11) is 1.35. The number of nitrogens with one attached hydrogen (secondary N) is 1. The van der Waals surface area contributed by atoms with Crippen LogP contribution in [-0.4, -0.2) is 28.2 Å². The molecule has 3 rings (SSSR count). The maximum atomic E-state index is 13.4. The molecule has 0 bridgehead atoms. The quantitative estimate of drug-likeness (QED) is 0.769. The third-order valence-corrected chi connectivity index (χ3v) is 3.47. The van der Waals surface area contributed by atoms with Gasteiger partial charge in [-0.3, -0.25) is 9.89 Å². The number of amides is 1. The van der Waals surface area contributed by atoms with Crippen LogP contribution in [0.4, 0.5) is 13.2 Å². The number of aromatic nitrogens is 3. The molecule has 0 saturated heterocycles. The average molecular weight is 336 g/mol. The van der Waals surface area contributed by atoms with E-state index in [0.29, 0.717) is 10.9 Å². The zero-order valence-corrected chi connectivity index (χ0v) is 12.3. The smallest absolute Gasteiger partial charge is 0.433 e. The van der Waals surface area contributed by atoms with Gasteiger partial charge < -0.3 is 10.5 Å². The first-order chi connectivity index (χ1) is 11.3. The van der Waals surface area contributed by atoms with E-state index in [2.05, 4.69) is 15.2 Å². The van der Waals surface area contributed by atoms with E-state index in [0.717, 1.165) is 12.1 Å². The number of H-pyrrole nitrogens is 1. The fourth-order valence-electron chi connectivity index (χ4n) is 2.38. The topological polar surface area (TPSA) is 93.9 Å². The maximum Gasteiger partial charge on any atom is 0.433 e. The van der Waals surface area contributed by atoms with Crippen molar-refractivity contribution in [1.82, 2.24) is 15.2 Å². The van der Waals surface area contributed by atoms with Crippen LogP contribution in [0.25, 0.3) is 22.0 Å². The van der Waals surface area contributed by atoms with E-state index >= 15 is 0 Å². The number of aromatic amines is 1. The Morgan fingerprint density at radius 2 is 2.00 bits per heavy atom. The molecule has 0 fully saturated rings. The lowest BCUT2D eigenvalue weighted by Crippen LogP contribution is -2.18. The molecule has 3 aromatic rings. The van der Waals surface area contributed by atoms with Gasteiger partial charge in [-0.1, -0.05) is 0 Å². The summed E-state index contributed by atoms with van der Waals surface area (Å²) in [4.78, 5) is 14.5. The number of hydrogen-bond donors (Lipinski definition) is 2. The van der Waals surface area contributed by atoms with Gasteiger partial charge in [0.15, 0.2) is 5.69 Å². The highest BCUT2D eigenvalue weighted by molar-refractivity contribution is 5.92. The van der Waals surface area contributed by atoms with Gasteiger partial charge in [0, 0.05) is 22.6 Å². The molecule has 0 radical (unpaired) electrons. The molecule has 0 spiro atoms. The Bertz CT molecular complexity index is 934. The number of ether oxygens (including phenoxy) is 1. The second-order valence-corrected chi connectivity index (χ2v) is 4.96. The van der Waals surface area contributed by atoms with Gasteiger partial charge >= 0.3 is 6.18 Å². The van der Waals surface area contributed by atoms with Gasteiger partial charge in [-0.25, -0.2) is 4.98 Å². The highest BCUT2D eigenvalue weighted by atomic mass is 19.4. The van der Waals surface area contributed by atoms with Crippen LogP contribution in [-0.2, 0) is 6.18 Å². The molecule has 2 heterocycles. The Labute approximate surface area is 133 Å². The monoisotopic (exact) mass is 336 g/mol. The summed E-state index contributed by atoms with van der Waals surface area (Å²) in [6.45, 7) is 0. The van der Waals surface area contributed by atoms with Crippen LogP contribution >= 0.6 is 0 Å². The van der Waals surface area contributed by atoms with E-state index in [9.17, 15) is 18.0 Å². The number of nitrogens with zero attached hydrogens (tertiary/aromatic N) is 2. The Balaban J connectivity index is 2.30. The molecule has 0 aliphatic rings. The van der Waals surface area contributed by atoms with Crippen LogP contribution in [0.15, 0.2) is 30.5 Å². The number of fused-ring (bicyclic) bond motifs is 1. The molecule has 1 aromatic carbocycles. The summed E-state index contributed by atoms with van der Waals surface area (Å²) in [5.74, 6) is -0.824. The highest BCUT2D eigenvalue weighted by Gasteiger charge is 2.37. The molecule has 0 aliphatic heterocycles. The van der Waals surface area contributed by atoms with Gasteiger partial charge in [0.2, 0.25) is 0 Å². The molecule has 6 nitrogen and oxygen atoms in total. The van der Waals surface area contributed by atoms with Gasteiger partial charge in [-0.05, 0) is 18.2 Å². The Morgan fingerprint density at radius 1 is 1.25 bits per heavy atom. The minimum Gasteiger partial charge on any atom is -0.496 e. The molecular weight excluding hydrogens is 325 g/mol. The number of alkyl halides is 3. The molecule has 24 heavy (non-hydrogen) atoms. The number of benzene rings is 1. The van der Waals surface area contributed by atoms with E-state index in [4.69, 9.17) is 10.5 Å². The summed E-state index contributed by atoms with van der Waals surface area (Å²) in [5, 5.41) is 7.16. The zero-order valence-electron chi connectivity index (χ0n) is 12.3. The standard InChI is InChI=1S/C15H11F3N4O2/c1-24-12-5-11-7(6-20-22-11)4-9(12)8-2-3-10(14(19)23)21-13(8)15(16,17)18/h2-6H,1H3,(H2,19,23)(H,20,22). The SMILES string of the molecule is COc1cc2[nH]ncc2cc1-c1ccc(C(N)=O)nc1C(F)(F)F. The van der Waals surface area contributed by atoms with Crippen molar-refractivity contribution in [3.05, 3.63) is 41.9 Å². The molecule has 0 aliphatic carbocycles. The summed E-state index contributed by atoms with van der Waals surface area (Å²) < 4.78 is 45.4. The number of halogens is 3. The highest BCUT2D eigenvalue weighted by Crippen LogP contribution is 2.40. The van der Waals surface area contributed by atoms with Gasteiger partial charge in [0.25, 0.3) is 5.91 Å². The summed E-state index contributed by atoms with van der Waals surface area (Å²) in [5.41, 5.74) is 3.94. The average Bonchev–Trinajstić information content (AvgIpc) is 2.99. The Kier molecular flexibility index (Phi) is 3.63. The number of hydrogen-bond acceptors (Lipinski definition) is 4. The first-order valence-corrected chi connectivity index (χ1v) is 6.71. The van der Waals surface area contributed by atoms with Crippen molar-refractivity contribution in [1.29, 1.82) is 0 Å². The summed E-state index contributed by atoms with van der Waals surface area (Å²) in [6.07, 6.45) is -3.28. The predicted octanol–water partition coefficient (Wildman–Crippen LogP) is 2.75. The first-order valence-electron chi connectivity index (χ1n) is 6.71. The maximum absolute atomic E-state index is 13.4.